The molecule has 2 unspecified atom stereocenters. The highest BCUT2D eigenvalue weighted by molar-refractivity contribution is 5.83. The van der Waals surface area contributed by atoms with Crippen molar-refractivity contribution in [2.24, 2.45) is 11.1 Å². The number of hydrogen-bond acceptors (Lipinski definition) is 4. The molecule has 1 fully saturated rings. The van der Waals surface area contributed by atoms with E-state index < -0.39 is 5.41 Å². The van der Waals surface area contributed by atoms with E-state index in [1.807, 2.05) is 31.2 Å². The number of carbonyl (C=O) groups is 1. The molecule has 0 bridgehead atoms. The molecule has 1 heterocycles. The minimum atomic E-state index is -0.631. The monoisotopic (exact) mass is 278 g/mol. The van der Waals surface area contributed by atoms with Gasteiger partial charge in [-0.05, 0) is 24.6 Å². The van der Waals surface area contributed by atoms with Crippen LogP contribution in [0.15, 0.2) is 24.3 Å². The number of hydrogen-bond donors (Lipinski definition) is 1. The van der Waals surface area contributed by atoms with Crippen LogP contribution in [0.2, 0.25) is 0 Å². The Morgan fingerprint density at radius 2 is 2.35 bits per heavy atom. The number of nitrogens with zero attached hydrogens (tertiary/aromatic N) is 1. The highest BCUT2D eigenvalue weighted by atomic mass is 16.5. The Balaban J connectivity index is 2.07. The van der Waals surface area contributed by atoms with Gasteiger partial charge in [0.15, 0.2) is 0 Å². The number of benzene rings is 1. The van der Waals surface area contributed by atoms with Crippen molar-refractivity contribution in [1.29, 1.82) is 0 Å². The lowest BCUT2D eigenvalue weighted by Gasteiger charge is -2.31. The van der Waals surface area contributed by atoms with Crippen LogP contribution < -0.4 is 10.5 Å². The minimum absolute atomic E-state index is 0.0188. The molecule has 2 rings (SSSR count). The van der Waals surface area contributed by atoms with E-state index in [1.165, 1.54) is 0 Å². The van der Waals surface area contributed by atoms with Gasteiger partial charge in [0.1, 0.15) is 5.75 Å². The Kier molecular flexibility index (Phi) is 4.30. The lowest BCUT2D eigenvalue weighted by atomic mass is 9.84. The molecule has 0 radical (unpaired) electrons. The molecule has 1 saturated heterocycles. The van der Waals surface area contributed by atoms with Gasteiger partial charge in [0.25, 0.3) is 0 Å². The van der Waals surface area contributed by atoms with Crippen molar-refractivity contribution >= 4 is 5.91 Å². The number of carbonyl (C=O) groups excluding carboxylic acids is 1. The molecule has 1 aromatic carbocycles. The minimum Gasteiger partial charge on any atom is -0.497 e. The van der Waals surface area contributed by atoms with Crippen molar-refractivity contribution in [3.63, 3.8) is 0 Å². The first kappa shape index (κ1) is 14.8. The summed E-state index contributed by atoms with van der Waals surface area (Å²) in [6.07, 6.45) is 0. The van der Waals surface area contributed by atoms with E-state index in [4.69, 9.17) is 15.2 Å². The van der Waals surface area contributed by atoms with E-state index in [0.29, 0.717) is 19.8 Å². The summed E-state index contributed by atoms with van der Waals surface area (Å²) in [4.78, 5) is 14.3. The predicted molar refractivity (Wildman–Crippen MR) is 76.4 cm³/mol. The lowest BCUT2D eigenvalue weighted by molar-refractivity contribution is -0.140. The molecule has 0 aliphatic carbocycles. The number of methoxy groups -OCH3 is 1. The Bertz CT molecular complexity index is 492. The quantitative estimate of drug-likeness (QED) is 0.893. The van der Waals surface area contributed by atoms with E-state index in [-0.39, 0.29) is 11.9 Å². The van der Waals surface area contributed by atoms with E-state index >= 15 is 0 Å². The molecule has 2 N–H and O–H groups in total. The van der Waals surface area contributed by atoms with Crippen LogP contribution in [0.1, 0.15) is 12.5 Å². The van der Waals surface area contributed by atoms with Crippen molar-refractivity contribution in [3.8, 4) is 5.75 Å². The number of nitrogens with two attached hydrogens (primary N) is 1. The summed E-state index contributed by atoms with van der Waals surface area (Å²) in [5.41, 5.74) is 6.39. The highest BCUT2D eigenvalue weighted by Gasteiger charge is 2.45. The van der Waals surface area contributed by atoms with E-state index in [2.05, 4.69) is 0 Å². The molecular formula is C15H22N2O3. The van der Waals surface area contributed by atoms with Gasteiger partial charge in [0, 0.05) is 19.6 Å². The van der Waals surface area contributed by atoms with Gasteiger partial charge in [-0.15, -0.1) is 0 Å². The summed E-state index contributed by atoms with van der Waals surface area (Å²) < 4.78 is 10.5. The van der Waals surface area contributed by atoms with Gasteiger partial charge in [-0.25, -0.2) is 0 Å². The van der Waals surface area contributed by atoms with Crippen LogP contribution in [0, 0.1) is 5.41 Å². The van der Waals surface area contributed by atoms with Crippen LogP contribution in [-0.2, 0) is 16.1 Å². The fraction of sp³-hybridized carbons (Fsp3) is 0.533. The average molecular weight is 278 g/mol. The third-order valence-electron chi connectivity index (χ3n) is 3.91. The largest absolute Gasteiger partial charge is 0.497 e. The maximum atomic E-state index is 12.6. The SMILES string of the molecule is COc1cccc(CN(C)C(=O)C2(C)COCC2N)c1. The van der Waals surface area contributed by atoms with Crippen LogP contribution in [0.5, 0.6) is 5.75 Å². The Labute approximate surface area is 119 Å². The second kappa shape index (κ2) is 5.81. The van der Waals surface area contributed by atoms with Gasteiger partial charge < -0.3 is 20.1 Å². The normalized spacial score (nSPS) is 25.5. The second-order valence-corrected chi connectivity index (χ2v) is 5.55. The first-order chi connectivity index (χ1) is 9.47. The lowest BCUT2D eigenvalue weighted by Crippen LogP contribution is -2.50. The molecule has 5 heteroatoms. The topological polar surface area (TPSA) is 64.8 Å². The van der Waals surface area contributed by atoms with Crippen LogP contribution in [-0.4, -0.2) is 44.2 Å². The van der Waals surface area contributed by atoms with Crippen molar-refractivity contribution in [1.82, 2.24) is 4.90 Å². The molecule has 20 heavy (non-hydrogen) atoms. The van der Waals surface area contributed by atoms with Gasteiger partial charge in [0.2, 0.25) is 5.91 Å². The molecule has 1 aromatic rings. The number of amides is 1. The van der Waals surface area contributed by atoms with Crippen LogP contribution in [0.25, 0.3) is 0 Å². The standard InChI is InChI=1S/C15H22N2O3/c1-15(10-20-9-13(15)16)14(18)17(2)8-11-5-4-6-12(7-11)19-3/h4-7,13H,8-10,16H2,1-3H3. The van der Waals surface area contributed by atoms with Crippen LogP contribution in [0.4, 0.5) is 0 Å². The fourth-order valence-electron chi connectivity index (χ4n) is 2.46. The first-order valence-electron chi connectivity index (χ1n) is 6.69. The smallest absolute Gasteiger partial charge is 0.232 e. The molecule has 2 atom stereocenters. The second-order valence-electron chi connectivity index (χ2n) is 5.55. The van der Waals surface area contributed by atoms with Crippen LogP contribution in [0.3, 0.4) is 0 Å². The van der Waals surface area contributed by atoms with Gasteiger partial charge >= 0.3 is 0 Å². The molecule has 110 valence electrons. The van der Waals surface area contributed by atoms with E-state index in [9.17, 15) is 4.79 Å². The van der Waals surface area contributed by atoms with E-state index in [1.54, 1.807) is 19.1 Å². The molecule has 1 aliphatic rings. The summed E-state index contributed by atoms with van der Waals surface area (Å²) in [5, 5.41) is 0. The summed E-state index contributed by atoms with van der Waals surface area (Å²) in [6.45, 7) is 3.22. The molecule has 0 spiro atoms. The molecule has 5 nitrogen and oxygen atoms in total. The van der Waals surface area contributed by atoms with Gasteiger partial charge in [-0.2, -0.15) is 0 Å². The first-order valence-corrected chi connectivity index (χ1v) is 6.69. The van der Waals surface area contributed by atoms with Gasteiger partial charge in [-0.3, -0.25) is 4.79 Å². The predicted octanol–water partition coefficient (Wildman–Crippen LogP) is 1.02. The van der Waals surface area contributed by atoms with Crippen molar-refractivity contribution in [3.05, 3.63) is 29.8 Å². The van der Waals surface area contributed by atoms with Crippen molar-refractivity contribution < 1.29 is 14.3 Å². The van der Waals surface area contributed by atoms with Gasteiger partial charge in [0.05, 0.1) is 25.7 Å². The Morgan fingerprint density at radius 3 is 2.95 bits per heavy atom. The molecule has 1 amide bonds. The number of ether oxygens (including phenoxy) is 2. The van der Waals surface area contributed by atoms with Gasteiger partial charge in [-0.1, -0.05) is 12.1 Å². The van der Waals surface area contributed by atoms with Crippen LogP contribution >= 0.6 is 0 Å². The summed E-state index contributed by atoms with van der Waals surface area (Å²) in [7, 11) is 3.42. The third kappa shape index (κ3) is 2.78. The zero-order valence-corrected chi connectivity index (χ0v) is 12.3. The molecule has 0 aromatic heterocycles. The molecular weight excluding hydrogens is 256 g/mol. The maximum absolute atomic E-state index is 12.6. The zero-order valence-electron chi connectivity index (χ0n) is 12.3. The summed E-state index contributed by atoms with van der Waals surface area (Å²) in [6, 6.07) is 7.45. The van der Waals surface area contributed by atoms with Crippen molar-refractivity contribution in [2.45, 2.75) is 19.5 Å². The molecule has 0 saturated carbocycles. The summed E-state index contributed by atoms with van der Waals surface area (Å²) in [5.74, 6) is 0.806. The average Bonchev–Trinajstić information content (AvgIpc) is 2.79. The maximum Gasteiger partial charge on any atom is 0.232 e. The Hall–Kier alpha value is -1.59. The van der Waals surface area contributed by atoms with E-state index in [0.717, 1.165) is 11.3 Å². The molecule has 1 aliphatic heterocycles. The number of rotatable bonds is 4. The third-order valence-corrected chi connectivity index (χ3v) is 3.91. The van der Waals surface area contributed by atoms with Crippen molar-refractivity contribution in [2.75, 3.05) is 27.4 Å². The fourth-order valence-corrected chi connectivity index (χ4v) is 2.46. The Morgan fingerprint density at radius 1 is 1.60 bits per heavy atom. The summed E-state index contributed by atoms with van der Waals surface area (Å²) >= 11 is 0. The highest BCUT2D eigenvalue weighted by Crippen LogP contribution is 2.29. The zero-order chi connectivity index (χ0) is 14.8.